The highest BCUT2D eigenvalue weighted by Gasteiger charge is 2.11. The van der Waals surface area contributed by atoms with E-state index in [1.165, 1.54) is 6.07 Å². The van der Waals surface area contributed by atoms with E-state index in [1.54, 1.807) is 23.0 Å². The predicted molar refractivity (Wildman–Crippen MR) is 104 cm³/mol. The van der Waals surface area contributed by atoms with Gasteiger partial charge in [0, 0.05) is 35.2 Å². The van der Waals surface area contributed by atoms with Crippen LogP contribution in [0.1, 0.15) is 17.0 Å². The average molecular weight is 363 g/mol. The molecular formula is C20H15ClN4O. The van der Waals surface area contributed by atoms with E-state index in [4.69, 9.17) is 11.6 Å². The highest BCUT2D eigenvalue weighted by atomic mass is 35.5. The molecule has 0 aliphatic heterocycles. The number of hydrogen-bond acceptors (Lipinski definition) is 3. The van der Waals surface area contributed by atoms with Crippen LogP contribution in [0.15, 0.2) is 65.7 Å². The molecule has 0 saturated heterocycles. The summed E-state index contributed by atoms with van der Waals surface area (Å²) in [5.74, 6) is 0. The summed E-state index contributed by atoms with van der Waals surface area (Å²) in [6.45, 7) is 1.93. The molecule has 0 aliphatic rings. The standard InChI is InChI=1S/C20H15ClN4O/c1-14-10-19-23-17(8-7-15-4-3-9-22-13-15)12-20(26)25(19)24(14)18-6-2-5-16(21)11-18/h2-13H,1H3. The molecule has 0 amide bonds. The zero-order valence-electron chi connectivity index (χ0n) is 14.0. The molecule has 26 heavy (non-hydrogen) atoms. The summed E-state index contributed by atoms with van der Waals surface area (Å²) in [5.41, 5.74) is 3.68. The summed E-state index contributed by atoms with van der Waals surface area (Å²) in [4.78, 5) is 21.4. The summed E-state index contributed by atoms with van der Waals surface area (Å²) in [5, 5.41) is 0.612. The molecule has 5 nitrogen and oxygen atoms in total. The fourth-order valence-corrected chi connectivity index (χ4v) is 3.07. The van der Waals surface area contributed by atoms with Crippen molar-refractivity contribution in [2.45, 2.75) is 6.92 Å². The van der Waals surface area contributed by atoms with Crippen LogP contribution in [0, 0.1) is 6.92 Å². The monoisotopic (exact) mass is 362 g/mol. The number of aryl methyl sites for hydroxylation is 1. The molecule has 3 heterocycles. The number of hydrogen-bond donors (Lipinski definition) is 0. The summed E-state index contributed by atoms with van der Waals surface area (Å²) >= 11 is 6.10. The molecule has 0 aliphatic carbocycles. The van der Waals surface area contributed by atoms with Crippen molar-refractivity contribution in [3.05, 3.63) is 93.3 Å². The van der Waals surface area contributed by atoms with Crippen molar-refractivity contribution in [1.29, 1.82) is 0 Å². The van der Waals surface area contributed by atoms with Crippen LogP contribution in [0.25, 0.3) is 23.5 Å². The molecule has 0 fully saturated rings. The van der Waals surface area contributed by atoms with Gasteiger partial charge in [-0.15, -0.1) is 0 Å². The van der Waals surface area contributed by atoms with Gasteiger partial charge in [0.05, 0.1) is 11.4 Å². The topological polar surface area (TPSA) is 52.2 Å². The van der Waals surface area contributed by atoms with E-state index in [0.717, 1.165) is 16.9 Å². The molecule has 0 atom stereocenters. The van der Waals surface area contributed by atoms with Crippen molar-refractivity contribution in [3.8, 4) is 5.69 Å². The van der Waals surface area contributed by atoms with E-state index in [9.17, 15) is 4.79 Å². The lowest BCUT2D eigenvalue weighted by atomic mass is 10.2. The minimum absolute atomic E-state index is 0.158. The van der Waals surface area contributed by atoms with Gasteiger partial charge in [-0.25, -0.2) is 9.67 Å². The lowest BCUT2D eigenvalue weighted by Gasteiger charge is -2.09. The normalized spacial score (nSPS) is 11.5. The Morgan fingerprint density at radius 1 is 1.08 bits per heavy atom. The lowest BCUT2D eigenvalue weighted by Crippen LogP contribution is -2.20. The molecule has 4 rings (SSSR count). The summed E-state index contributed by atoms with van der Waals surface area (Å²) < 4.78 is 3.35. The predicted octanol–water partition coefficient (Wildman–Crippen LogP) is 4.01. The summed E-state index contributed by atoms with van der Waals surface area (Å²) in [6, 6.07) is 14.6. The molecule has 128 valence electrons. The van der Waals surface area contributed by atoms with Crippen LogP contribution in [0.4, 0.5) is 0 Å². The molecule has 3 aromatic heterocycles. The summed E-state index contributed by atoms with van der Waals surface area (Å²) in [7, 11) is 0. The van der Waals surface area contributed by atoms with Gasteiger partial charge in [0.2, 0.25) is 0 Å². The van der Waals surface area contributed by atoms with Crippen LogP contribution in [0.2, 0.25) is 5.02 Å². The van der Waals surface area contributed by atoms with Crippen molar-refractivity contribution in [3.63, 3.8) is 0 Å². The maximum absolute atomic E-state index is 12.7. The minimum Gasteiger partial charge on any atom is -0.267 e. The van der Waals surface area contributed by atoms with Gasteiger partial charge in [0.15, 0.2) is 5.65 Å². The Morgan fingerprint density at radius 3 is 2.73 bits per heavy atom. The van der Waals surface area contributed by atoms with Crippen molar-refractivity contribution >= 4 is 29.4 Å². The number of aromatic nitrogens is 4. The molecule has 0 radical (unpaired) electrons. The van der Waals surface area contributed by atoms with Crippen molar-refractivity contribution in [1.82, 2.24) is 19.2 Å². The number of pyridine rings is 1. The molecule has 0 bridgehead atoms. The van der Waals surface area contributed by atoms with Gasteiger partial charge in [0.25, 0.3) is 5.56 Å². The zero-order valence-corrected chi connectivity index (χ0v) is 14.8. The van der Waals surface area contributed by atoms with Crippen LogP contribution in [-0.2, 0) is 0 Å². The Hall–Kier alpha value is -3.18. The number of benzene rings is 1. The van der Waals surface area contributed by atoms with Gasteiger partial charge in [-0.3, -0.25) is 9.78 Å². The summed E-state index contributed by atoms with van der Waals surface area (Å²) in [6.07, 6.45) is 7.16. The Bertz CT molecular complexity index is 1180. The Morgan fingerprint density at radius 2 is 1.96 bits per heavy atom. The second kappa shape index (κ2) is 6.61. The van der Waals surface area contributed by atoms with Crippen molar-refractivity contribution in [2.24, 2.45) is 0 Å². The van der Waals surface area contributed by atoms with Gasteiger partial charge in [0.1, 0.15) is 0 Å². The average Bonchev–Trinajstić information content (AvgIpc) is 2.97. The van der Waals surface area contributed by atoms with Crippen LogP contribution >= 0.6 is 11.6 Å². The third-order valence-corrected chi connectivity index (χ3v) is 4.23. The molecule has 6 heteroatoms. The minimum atomic E-state index is -0.158. The largest absolute Gasteiger partial charge is 0.273 e. The first-order chi connectivity index (χ1) is 12.6. The molecular weight excluding hydrogens is 348 g/mol. The van der Waals surface area contributed by atoms with Gasteiger partial charge >= 0.3 is 0 Å². The van der Waals surface area contributed by atoms with E-state index in [2.05, 4.69) is 9.97 Å². The second-order valence-corrected chi connectivity index (χ2v) is 6.32. The first-order valence-corrected chi connectivity index (χ1v) is 8.46. The number of fused-ring (bicyclic) bond motifs is 1. The Kier molecular flexibility index (Phi) is 4.14. The number of nitrogens with zero attached hydrogens (tertiary/aromatic N) is 4. The van der Waals surface area contributed by atoms with E-state index in [-0.39, 0.29) is 5.56 Å². The highest BCUT2D eigenvalue weighted by molar-refractivity contribution is 6.30. The molecule has 0 unspecified atom stereocenters. The first-order valence-electron chi connectivity index (χ1n) is 8.08. The molecule has 0 saturated carbocycles. The molecule has 0 spiro atoms. The van der Waals surface area contributed by atoms with Gasteiger partial charge in [-0.1, -0.05) is 29.8 Å². The lowest BCUT2D eigenvalue weighted by molar-refractivity contribution is 0.743. The number of halogens is 1. The molecule has 1 aromatic carbocycles. The van der Waals surface area contributed by atoms with E-state index in [0.29, 0.717) is 16.4 Å². The van der Waals surface area contributed by atoms with Crippen LogP contribution in [0.3, 0.4) is 0 Å². The fraction of sp³-hybridized carbons (Fsp3) is 0.0500. The number of rotatable bonds is 3. The van der Waals surface area contributed by atoms with Crippen LogP contribution < -0.4 is 5.56 Å². The Labute approximate surface area is 154 Å². The van der Waals surface area contributed by atoms with Crippen molar-refractivity contribution < 1.29 is 0 Å². The van der Waals surface area contributed by atoms with E-state index >= 15 is 0 Å². The maximum atomic E-state index is 12.7. The Balaban J connectivity index is 1.83. The first kappa shape index (κ1) is 16.3. The third kappa shape index (κ3) is 3.05. The highest BCUT2D eigenvalue weighted by Crippen LogP contribution is 2.18. The van der Waals surface area contributed by atoms with E-state index < -0.39 is 0 Å². The third-order valence-electron chi connectivity index (χ3n) is 4.00. The van der Waals surface area contributed by atoms with Gasteiger partial charge in [-0.05, 0) is 42.8 Å². The van der Waals surface area contributed by atoms with Crippen LogP contribution in [0.5, 0.6) is 0 Å². The maximum Gasteiger partial charge on any atom is 0.273 e. The van der Waals surface area contributed by atoms with Gasteiger partial charge in [-0.2, -0.15) is 4.52 Å². The SMILES string of the molecule is Cc1cc2nc(C=Cc3cccnc3)cc(=O)n2n1-c1cccc(Cl)c1. The smallest absolute Gasteiger partial charge is 0.267 e. The zero-order chi connectivity index (χ0) is 18.1. The van der Waals surface area contributed by atoms with Gasteiger partial charge < -0.3 is 0 Å². The molecule has 4 aromatic rings. The van der Waals surface area contributed by atoms with E-state index in [1.807, 2.05) is 60.2 Å². The quantitative estimate of drug-likeness (QED) is 0.553. The van der Waals surface area contributed by atoms with Crippen LogP contribution in [-0.4, -0.2) is 19.2 Å². The molecule has 0 N–H and O–H groups in total. The second-order valence-electron chi connectivity index (χ2n) is 5.89. The fourth-order valence-electron chi connectivity index (χ4n) is 2.88. The van der Waals surface area contributed by atoms with Crippen molar-refractivity contribution in [2.75, 3.05) is 0 Å².